The van der Waals surface area contributed by atoms with Crippen molar-refractivity contribution >= 4 is 28.6 Å². The summed E-state index contributed by atoms with van der Waals surface area (Å²) in [5.41, 5.74) is 5.86. The van der Waals surface area contributed by atoms with Crippen molar-refractivity contribution in [3.05, 3.63) is 44.6 Å². The van der Waals surface area contributed by atoms with Crippen LogP contribution < -0.4 is 10.2 Å². The van der Waals surface area contributed by atoms with E-state index in [-0.39, 0.29) is 11.3 Å². The fourth-order valence-corrected chi connectivity index (χ4v) is 4.74. The number of nitrogens with zero attached hydrogens (tertiary/aromatic N) is 1. The molecular weight excluding hydrogens is 364 g/mol. The van der Waals surface area contributed by atoms with Crippen LogP contribution in [0.3, 0.4) is 0 Å². The van der Waals surface area contributed by atoms with Crippen molar-refractivity contribution in [2.45, 2.75) is 74.8 Å². The molecule has 28 heavy (non-hydrogen) atoms. The van der Waals surface area contributed by atoms with Crippen molar-refractivity contribution in [2.75, 3.05) is 16.8 Å². The molecule has 0 saturated carbocycles. The number of carbonyl (C=O) groups is 1. The van der Waals surface area contributed by atoms with E-state index < -0.39 is 0 Å². The van der Waals surface area contributed by atoms with Crippen LogP contribution in [0.15, 0.2) is 18.2 Å². The Hall–Kier alpha value is -1.81. The summed E-state index contributed by atoms with van der Waals surface area (Å²) in [6.45, 7) is 18.9. The molecule has 1 aromatic carbocycles. The first-order valence-electron chi connectivity index (χ1n) is 10.3. The third-order valence-electron chi connectivity index (χ3n) is 4.95. The van der Waals surface area contributed by atoms with Crippen LogP contribution in [0.25, 0.3) is 0 Å². The maximum Gasteiger partial charge on any atom is 0.224 e. The SMILES string of the molecule is CCc1cc(C)sc1CN(CC)c1cc(C)c(NC(=O)CC(C)(C)C)c(C)c1. The lowest BCUT2D eigenvalue weighted by Crippen LogP contribution is -2.23. The maximum absolute atomic E-state index is 12.4. The van der Waals surface area contributed by atoms with Gasteiger partial charge in [0.2, 0.25) is 5.91 Å². The molecule has 0 spiro atoms. The van der Waals surface area contributed by atoms with Crippen molar-refractivity contribution < 1.29 is 4.79 Å². The fraction of sp³-hybridized carbons (Fsp3) is 0.542. The molecule has 3 nitrogen and oxygen atoms in total. The molecule has 1 heterocycles. The summed E-state index contributed by atoms with van der Waals surface area (Å²) in [7, 11) is 0. The van der Waals surface area contributed by atoms with E-state index in [9.17, 15) is 4.79 Å². The largest absolute Gasteiger partial charge is 0.367 e. The smallest absolute Gasteiger partial charge is 0.224 e. The lowest BCUT2D eigenvalue weighted by molar-refractivity contribution is -0.117. The van der Waals surface area contributed by atoms with E-state index in [2.05, 4.69) is 83.8 Å². The number of rotatable bonds is 7. The van der Waals surface area contributed by atoms with Gasteiger partial charge in [-0.25, -0.2) is 0 Å². The fourth-order valence-electron chi connectivity index (χ4n) is 3.59. The first-order chi connectivity index (χ1) is 13.0. The van der Waals surface area contributed by atoms with Crippen LogP contribution in [0, 0.1) is 26.2 Å². The lowest BCUT2D eigenvalue weighted by atomic mass is 9.92. The quantitative estimate of drug-likeness (QED) is 0.565. The third kappa shape index (κ3) is 5.84. The second-order valence-corrected chi connectivity index (χ2v) is 10.3. The molecule has 0 radical (unpaired) electrons. The van der Waals surface area contributed by atoms with Gasteiger partial charge in [-0.2, -0.15) is 0 Å². The number of amides is 1. The number of carbonyl (C=O) groups excluding carboxylic acids is 1. The normalized spacial score (nSPS) is 11.6. The topological polar surface area (TPSA) is 32.3 Å². The first kappa shape index (κ1) is 22.5. The molecule has 0 saturated heterocycles. The highest BCUT2D eigenvalue weighted by molar-refractivity contribution is 7.12. The second kappa shape index (κ2) is 9.13. The van der Waals surface area contributed by atoms with Gasteiger partial charge in [-0.1, -0.05) is 27.7 Å². The number of nitrogens with one attached hydrogen (secondary N) is 1. The molecule has 0 bridgehead atoms. The molecule has 0 aliphatic rings. The van der Waals surface area contributed by atoms with E-state index in [1.54, 1.807) is 0 Å². The van der Waals surface area contributed by atoms with Gasteiger partial charge in [0.1, 0.15) is 0 Å². The Kier molecular flexibility index (Phi) is 7.33. The van der Waals surface area contributed by atoms with E-state index >= 15 is 0 Å². The van der Waals surface area contributed by atoms with Gasteiger partial charge in [0.15, 0.2) is 0 Å². The zero-order valence-corrected chi connectivity index (χ0v) is 19.6. The molecule has 1 N–H and O–H groups in total. The molecule has 2 aromatic rings. The molecule has 0 fully saturated rings. The molecule has 1 aromatic heterocycles. The molecule has 154 valence electrons. The van der Waals surface area contributed by atoms with E-state index in [0.717, 1.165) is 36.3 Å². The average Bonchev–Trinajstić information content (AvgIpc) is 2.93. The minimum Gasteiger partial charge on any atom is -0.367 e. The summed E-state index contributed by atoms with van der Waals surface area (Å²) < 4.78 is 0. The van der Waals surface area contributed by atoms with Gasteiger partial charge in [0, 0.05) is 34.1 Å². The summed E-state index contributed by atoms with van der Waals surface area (Å²) in [6, 6.07) is 6.72. The van der Waals surface area contributed by atoms with Gasteiger partial charge in [-0.05, 0) is 74.4 Å². The Morgan fingerprint density at radius 2 is 1.68 bits per heavy atom. The van der Waals surface area contributed by atoms with Crippen molar-refractivity contribution in [2.24, 2.45) is 5.41 Å². The number of hydrogen-bond donors (Lipinski definition) is 1. The van der Waals surface area contributed by atoms with Crippen LogP contribution >= 0.6 is 11.3 Å². The van der Waals surface area contributed by atoms with E-state index in [0.29, 0.717) is 6.42 Å². The predicted octanol–water partition coefficient (Wildman–Crippen LogP) is 6.64. The zero-order valence-electron chi connectivity index (χ0n) is 18.8. The summed E-state index contributed by atoms with van der Waals surface area (Å²) in [4.78, 5) is 17.7. The number of anilines is 2. The summed E-state index contributed by atoms with van der Waals surface area (Å²) in [5.74, 6) is 0.0837. The Bertz CT molecular complexity index is 807. The number of thiophene rings is 1. The highest BCUT2D eigenvalue weighted by Gasteiger charge is 2.18. The van der Waals surface area contributed by atoms with Crippen molar-refractivity contribution in [1.29, 1.82) is 0 Å². The minimum atomic E-state index is -0.0132. The highest BCUT2D eigenvalue weighted by atomic mass is 32.1. The van der Waals surface area contributed by atoms with E-state index in [4.69, 9.17) is 0 Å². The highest BCUT2D eigenvalue weighted by Crippen LogP contribution is 2.31. The summed E-state index contributed by atoms with van der Waals surface area (Å²) in [6.07, 6.45) is 1.60. The molecule has 0 atom stereocenters. The second-order valence-electron chi connectivity index (χ2n) is 8.91. The molecule has 0 unspecified atom stereocenters. The van der Waals surface area contributed by atoms with Crippen molar-refractivity contribution in [3.63, 3.8) is 0 Å². The summed E-state index contributed by atoms with van der Waals surface area (Å²) in [5, 5.41) is 3.14. The predicted molar refractivity (Wildman–Crippen MR) is 124 cm³/mol. The lowest BCUT2D eigenvalue weighted by Gasteiger charge is -2.26. The monoisotopic (exact) mass is 400 g/mol. The first-order valence-corrected chi connectivity index (χ1v) is 11.1. The van der Waals surface area contributed by atoms with Crippen molar-refractivity contribution in [1.82, 2.24) is 0 Å². The van der Waals surface area contributed by atoms with Crippen LogP contribution in [-0.4, -0.2) is 12.5 Å². The Labute approximate surface area is 175 Å². The van der Waals surface area contributed by atoms with Crippen LogP contribution in [0.1, 0.15) is 67.5 Å². The van der Waals surface area contributed by atoms with Gasteiger partial charge in [0.25, 0.3) is 0 Å². The van der Waals surface area contributed by atoms with E-state index in [1.165, 1.54) is 21.0 Å². The Morgan fingerprint density at radius 1 is 1.07 bits per heavy atom. The van der Waals surface area contributed by atoms with Crippen LogP contribution in [-0.2, 0) is 17.8 Å². The van der Waals surface area contributed by atoms with Crippen molar-refractivity contribution in [3.8, 4) is 0 Å². The van der Waals surface area contributed by atoms with Gasteiger partial charge < -0.3 is 10.2 Å². The molecular formula is C24H36N2OS. The number of benzene rings is 1. The molecule has 1 amide bonds. The van der Waals surface area contributed by atoms with Gasteiger partial charge in [-0.15, -0.1) is 11.3 Å². The molecule has 0 aliphatic heterocycles. The molecule has 2 rings (SSSR count). The van der Waals surface area contributed by atoms with Crippen LogP contribution in [0.4, 0.5) is 11.4 Å². The molecule has 4 heteroatoms. The summed E-state index contributed by atoms with van der Waals surface area (Å²) >= 11 is 1.90. The number of aryl methyl sites for hydroxylation is 4. The van der Waals surface area contributed by atoms with E-state index in [1.807, 2.05) is 11.3 Å². The average molecular weight is 401 g/mol. The number of hydrogen-bond acceptors (Lipinski definition) is 3. The van der Waals surface area contributed by atoms with Crippen LogP contribution in [0.5, 0.6) is 0 Å². The minimum absolute atomic E-state index is 0.0132. The van der Waals surface area contributed by atoms with Crippen LogP contribution in [0.2, 0.25) is 0 Å². The zero-order chi connectivity index (χ0) is 21.1. The van der Waals surface area contributed by atoms with Gasteiger partial charge in [-0.3, -0.25) is 4.79 Å². The standard InChI is InChI=1S/C24H36N2OS/c1-9-19-13-18(5)28-21(19)15-26(10-2)20-11-16(3)23(17(4)12-20)25-22(27)14-24(6,7)8/h11-13H,9-10,14-15H2,1-8H3,(H,25,27). The third-order valence-corrected chi connectivity index (χ3v) is 6.03. The molecule has 0 aliphatic carbocycles. The maximum atomic E-state index is 12.4. The van der Waals surface area contributed by atoms with Gasteiger partial charge in [0.05, 0.1) is 6.54 Å². The van der Waals surface area contributed by atoms with Gasteiger partial charge >= 0.3 is 0 Å². The Balaban J connectivity index is 2.24. The Morgan fingerprint density at radius 3 is 2.18 bits per heavy atom.